The van der Waals surface area contributed by atoms with Gasteiger partial charge in [-0.1, -0.05) is 48.2 Å². The van der Waals surface area contributed by atoms with Crippen LogP contribution in [0.1, 0.15) is 26.3 Å². The van der Waals surface area contributed by atoms with E-state index < -0.39 is 6.10 Å². The lowest BCUT2D eigenvalue weighted by atomic mass is 9.97. The summed E-state index contributed by atoms with van der Waals surface area (Å²) in [6.45, 7) is 6.06. The molecule has 1 atom stereocenters. The SMILES string of the molecule is CC(C)(C)C#CC(O)/C=C/c1ccccc1. The minimum atomic E-state index is -0.695. The fraction of sp³-hybridized carbons (Fsp3) is 0.333. The fourth-order valence-electron chi connectivity index (χ4n) is 1.10. The second kappa shape index (κ2) is 5.53. The standard InChI is InChI=1S/C15H18O/c1-15(2,3)12-11-14(16)10-9-13-7-5-4-6-8-13/h4-10,14,16H,1-3H3/b10-9+. The average molecular weight is 214 g/mol. The number of hydrogen-bond acceptors (Lipinski definition) is 1. The summed E-state index contributed by atoms with van der Waals surface area (Å²) in [5.41, 5.74) is 1.00. The highest BCUT2D eigenvalue weighted by Gasteiger charge is 2.03. The first-order valence-electron chi connectivity index (χ1n) is 5.41. The highest BCUT2D eigenvalue weighted by molar-refractivity contribution is 5.50. The molecule has 0 aliphatic rings. The van der Waals surface area contributed by atoms with E-state index in [0.29, 0.717) is 0 Å². The van der Waals surface area contributed by atoms with E-state index in [1.165, 1.54) is 0 Å². The molecule has 0 spiro atoms. The van der Waals surface area contributed by atoms with Crippen molar-refractivity contribution in [3.05, 3.63) is 42.0 Å². The summed E-state index contributed by atoms with van der Waals surface area (Å²) in [6, 6.07) is 9.87. The minimum Gasteiger partial charge on any atom is -0.377 e. The van der Waals surface area contributed by atoms with Gasteiger partial charge in [-0.3, -0.25) is 0 Å². The van der Waals surface area contributed by atoms with Crippen molar-refractivity contribution in [2.75, 3.05) is 0 Å². The van der Waals surface area contributed by atoms with Crippen LogP contribution >= 0.6 is 0 Å². The molecule has 1 unspecified atom stereocenters. The summed E-state index contributed by atoms with van der Waals surface area (Å²) in [7, 11) is 0. The fourth-order valence-corrected chi connectivity index (χ4v) is 1.10. The molecule has 1 nitrogen and oxygen atoms in total. The lowest BCUT2D eigenvalue weighted by Gasteiger charge is -2.07. The molecule has 1 aromatic rings. The third kappa shape index (κ3) is 5.38. The molecular weight excluding hydrogens is 196 g/mol. The van der Waals surface area contributed by atoms with E-state index in [1.54, 1.807) is 6.08 Å². The van der Waals surface area contributed by atoms with Crippen molar-refractivity contribution < 1.29 is 5.11 Å². The van der Waals surface area contributed by atoms with Gasteiger partial charge in [-0.15, -0.1) is 0 Å². The number of rotatable bonds is 2. The van der Waals surface area contributed by atoms with Crippen LogP contribution in [0.25, 0.3) is 6.08 Å². The van der Waals surface area contributed by atoms with Crippen molar-refractivity contribution >= 4 is 6.08 Å². The monoisotopic (exact) mass is 214 g/mol. The van der Waals surface area contributed by atoms with Gasteiger partial charge >= 0.3 is 0 Å². The lowest BCUT2D eigenvalue weighted by Crippen LogP contribution is -2.03. The zero-order valence-corrected chi connectivity index (χ0v) is 10.1. The smallest absolute Gasteiger partial charge is 0.133 e. The van der Waals surface area contributed by atoms with Crippen molar-refractivity contribution in [2.24, 2.45) is 5.41 Å². The molecule has 0 aliphatic carbocycles. The Hall–Kier alpha value is -1.52. The third-order valence-electron chi connectivity index (χ3n) is 1.87. The predicted octanol–water partition coefficient (Wildman–Crippen LogP) is 3.11. The Bertz CT molecular complexity index is 399. The molecule has 0 bridgehead atoms. The largest absolute Gasteiger partial charge is 0.377 e. The summed E-state index contributed by atoms with van der Waals surface area (Å²) >= 11 is 0. The molecule has 1 N–H and O–H groups in total. The Morgan fingerprint density at radius 3 is 2.38 bits per heavy atom. The molecule has 1 heteroatoms. The van der Waals surface area contributed by atoms with E-state index in [-0.39, 0.29) is 5.41 Å². The lowest BCUT2D eigenvalue weighted by molar-refractivity contribution is 0.281. The summed E-state index contributed by atoms with van der Waals surface area (Å²) in [5.74, 6) is 5.82. The van der Waals surface area contributed by atoms with Gasteiger partial charge in [0, 0.05) is 5.41 Å². The second-order valence-electron chi connectivity index (χ2n) is 4.73. The highest BCUT2D eigenvalue weighted by Crippen LogP contribution is 2.10. The Morgan fingerprint density at radius 2 is 1.81 bits per heavy atom. The molecule has 84 valence electrons. The summed E-state index contributed by atoms with van der Waals surface area (Å²) < 4.78 is 0. The Morgan fingerprint density at radius 1 is 1.19 bits per heavy atom. The van der Waals surface area contributed by atoms with Gasteiger partial charge in [0.25, 0.3) is 0 Å². The molecule has 0 heterocycles. The quantitative estimate of drug-likeness (QED) is 0.750. The molecule has 0 saturated carbocycles. The molecule has 0 aromatic heterocycles. The van der Waals surface area contributed by atoms with E-state index >= 15 is 0 Å². The first-order valence-corrected chi connectivity index (χ1v) is 5.41. The van der Waals surface area contributed by atoms with Crippen LogP contribution < -0.4 is 0 Å². The molecular formula is C15H18O. The number of hydrogen-bond donors (Lipinski definition) is 1. The first-order chi connectivity index (χ1) is 7.47. The van der Waals surface area contributed by atoms with Crippen LogP contribution in [0, 0.1) is 17.3 Å². The van der Waals surface area contributed by atoms with E-state index in [2.05, 4.69) is 11.8 Å². The van der Waals surface area contributed by atoms with Gasteiger partial charge in [0.15, 0.2) is 0 Å². The second-order valence-corrected chi connectivity index (χ2v) is 4.73. The van der Waals surface area contributed by atoms with Crippen molar-refractivity contribution in [2.45, 2.75) is 26.9 Å². The normalized spacial score (nSPS) is 13.2. The molecule has 16 heavy (non-hydrogen) atoms. The Balaban J connectivity index is 2.61. The molecule has 1 aromatic carbocycles. The molecule has 0 aliphatic heterocycles. The third-order valence-corrected chi connectivity index (χ3v) is 1.87. The zero-order valence-electron chi connectivity index (χ0n) is 10.1. The van der Waals surface area contributed by atoms with Crippen molar-refractivity contribution in [3.63, 3.8) is 0 Å². The Kier molecular flexibility index (Phi) is 4.34. The average Bonchev–Trinajstić information content (AvgIpc) is 2.24. The summed E-state index contributed by atoms with van der Waals surface area (Å²) in [4.78, 5) is 0. The van der Waals surface area contributed by atoms with Gasteiger partial charge in [-0.05, 0) is 32.4 Å². The van der Waals surface area contributed by atoms with Crippen molar-refractivity contribution in [1.29, 1.82) is 0 Å². The van der Waals surface area contributed by atoms with Gasteiger partial charge in [-0.2, -0.15) is 0 Å². The maximum absolute atomic E-state index is 9.61. The van der Waals surface area contributed by atoms with Gasteiger partial charge < -0.3 is 5.11 Å². The van der Waals surface area contributed by atoms with Crippen LogP contribution in [0.3, 0.4) is 0 Å². The number of benzene rings is 1. The number of aliphatic hydroxyl groups is 1. The molecule has 0 amide bonds. The van der Waals surface area contributed by atoms with E-state index in [1.807, 2.05) is 57.2 Å². The van der Waals surface area contributed by atoms with Gasteiger partial charge in [0.05, 0.1) is 0 Å². The van der Waals surface area contributed by atoms with Crippen LogP contribution in [0.5, 0.6) is 0 Å². The van der Waals surface area contributed by atoms with Crippen molar-refractivity contribution in [1.82, 2.24) is 0 Å². The van der Waals surface area contributed by atoms with Crippen molar-refractivity contribution in [3.8, 4) is 11.8 Å². The molecule has 0 radical (unpaired) electrons. The summed E-state index contributed by atoms with van der Waals surface area (Å²) in [6.07, 6.45) is 2.88. The maximum atomic E-state index is 9.61. The Labute approximate surface area is 97.8 Å². The van der Waals surface area contributed by atoms with Gasteiger partial charge in [0.1, 0.15) is 6.10 Å². The maximum Gasteiger partial charge on any atom is 0.133 e. The van der Waals surface area contributed by atoms with Crippen LogP contribution in [0.4, 0.5) is 0 Å². The summed E-state index contributed by atoms with van der Waals surface area (Å²) in [5, 5.41) is 9.61. The van der Waals surface area contributed by atoms with Crippen LogP contribution in [0.2, 0.25) is 0 Å². The van der Waals surface area contributed by atoms with Crippen LogP contribution in [-0.2, 0) is 0 Å². The van der Waals surface area contributed by atoms with Gasteiger partial charge in [-0.25, -0.2) is 0 Å². The highest BCUT2D eigenvalue weighted by atomic mass is 16.3. The first kappa shape index (κ1) is 12.5. The zero-order chi connectivity index (χ0) is 12.0. The molecule has 0 fully saturated rings. The predicted molar refractivity (Wildman–Crippen MR) is 68.7 cm³/mol. The van der Waals surface area contributed by atoms with Crippen LogP contribution in [-0.4, -0.2) is 11.2 Å². The minimum absolute atomic E-state index is 0.0679. The topological polar surface area (TPSA) is 20.2 Å². The number of aliphatic hydroxyl groups excluding tert-OH is 1. The van der Waals surface area contributed by atoms with E-state index in [9.17, 15) is 5.11 Å². The molecule has 0 saturated heterocycles. The van der Waals surface area contributed by atoms with E-state index in [0.717, 1.165) is 5.56 Å². The van der Waals surface area contributed by atoms with Gasteiger partial charge in [0.2, 0.25) is 0 Å². The van der Waals surface area contributed by atoms with E-state index in [4.69, 9.17) is 0 Å². The van der Waals surface area contributed by atoms with Crippen LogP contribution in [0.15, 0.2) is 36.4 Å². The molecule has 1 rings (SSSR count).